The first-order chi connectivity index (χ1) is 10.4. The summed E-state index contributed by atoms with van der Waals surface area (Å²) >= 11 is 1.38. The van der Waals surface area contributed by atoms with E-state index in [1.54, 1.807) is 6.07 Å². The number of hydrogen-bond acceptors (Lipinski definition) is 5. The highest BCUT2D eigenvalue weighted by Crippen LogP contribution is 2.27. The van der Waals surface area contributed by atoms with Crippen molar-refractivity contribution in [1.29, 1.82) is 0 Å². The highest BCUT2D eigenvalue weighted by molar-refractivity contribution is 7.16. The molecule has 6 nitrogen and oxygen atoms in total. The monoisotopic (exact) mass is 327 g/mol. The van der Waals surface area contributed by atoms with Gasteiger partial charge in [0.05, 0.1) is 12.7 Å². The van der Waals surface area contributed by atoms with Gasteiger partial charge in [0.2, 0.25) is 0 Å². The summed E-state index contributed by atoms with van der Waals surface area (Å²) in [5.74, 6) is -0.524. The highest BCUT2D eigenvalue weighted by atomic mass is 32.1. The van der Waals surface area contributed by atoms with Gasteiger partial charge in [0, 0.05) is 4.88 Å². The van der Waals surface area contributed by atoms with Crippen molar-refractivity contribution >= 4 is 28.2 Å². The molecule has 1 amide bonds. The third-order valence-corrected chi connectivity index (χ3v) is 4.51. The first kappa shape index (κ1) is 16.9. The number of nitrogens with one attached hydrogen (secondary N) is 2. The predicted molar refractivity (Wildman–Crippen MR) is 84.6 cm³/mol. The van der Waals surface area contributed by atoms with Crippen molar-refractivity contribution in [2.75, 3.05) is 32.1 Å². The molecule has 7 heteroatoms. The molecule has 0 saturated carbocycles. The van der Waals surface area contributed by atoms with Gasteiger partial charge in [0.15, 0.2) is 6.54 Å². The Balaban J connectivity index is 1.99. The summed E-state index contributed by atoms with van der Waals surface area (Å²) < 4.78 is 10.4. The van der Waals surface area contributed by atoms with Gasteiger partial charge in [-0.25, -0.2) is 4.79 Å². The van der Waals surface area contributed by atoms with Crippen LogP contribution in [-0.2, 0) is 14.3 Å². The SMILES string of the molecule is COC(=O)c1cc(C)sc1NC(=O)C[NH+]1C[C@@H](C)O[C@H](C)C1. The molecule has 0 bridgehead atoms. The number of carbonyl (C=O) groups excluding carboxylic acids is 2. The first-order valence-corrected chi connectivity index (χ1v) is 8.18. The van der Waals surface area contributed by atoms with Gasteiger partial charge < -0.3 is 19.7 Å². The molecule has 22 heavy (non-hydrogen) atoms. The van der Waals surface area contributed by atoms with Gasteiger partial charge in [0.25, 0.3) is 5.91 Å². The molecule has 1 saturated heterocycles. The van der Waals surface area contributed by atoms with Crippen LogP contribution >= 0.6 is 11.3 Å². The normalized spacial score (nSPS) is 24.8. The number of amides is 1. The minimum absolute atomic E-state index is 0.0942. The van der Waals surface area contributed by atoms with Crippen LogP contribution in [0.25, 0.3) is 0 Å². The average molecular weight is 327 g/mol. The maximum absolute atomic E-state index is 12.2. The molecule has 1 aromatic heterocycles. The van der Waals surface area contributed by atoms with Crippen molar-refractivity contribution < 1.29 is 24.0 Å². The van der Waals surface area contributed by atoms with Gasteiger partial charge in [-0.05, 0) is 26.8 Å². The minimum Gasteiger partial charge on any atom is -0.465 e. The van der Waals surface area contributed by atoms with E-state index < -0.39 is 5.97 Å². The fraction of sp³-hybridized carbons (Fsp3) is 0.600. The van der Waals surface area contributed by atoms with Crippen LogP contribution in [0.3, 0.4) is 0 Å². The Morgan fingerprint density at radius 3 is 2.64 bits per heavy atom. The van der Waals surface area contributed by atoms with Crippen molar-refractivity contribution in [3.05, 3.63) is 16.5 Å². The number of morpholine rings is 1. The van der Waals surface area contributed by atoms with Crippen LogP contribution < -0.4 is 10.2 Å². The highest BCUT2D eigenvalue weighted by Gasteiger charge is 2.27. The molecule has 2 atom stereocenters. The van der Waals surface area contributed by atoms with E-state index in [9.17, 15) is 9.59 Å². The fourth-order valence-corrected chi connectivity index (χ4v) is 3.72. The lowest BCUT2D eigenvalue weighted by Crippen LogP contribution is -3.16. The molecule has 0 aliphatic carbocycles. The van der Waals surface area contributed by atoms with Crippen LogP contribution in [0.1, 0.15) is 29.1 Å². The molecule has 0 spiro atoms. The smallest absolute Gasteiger partial charge is 0.340 e. The number of esters is 1. The number of ether oxygens (including phenoxy) is 2. The summed E-state index contributed by atoms with van der Waals surface area (Å²) in [6.45, 7) is 7.92. The van der Waals surface area contributed by atoms with E-state index in [1.807, 2.05) is 20.8 Å². The zero-order chi connectivity index (χ0) is 16.3. The Bertz CT molecular complexity index is 548. The number of methoxy groups -OCH3 is 1. The van der Waals surface area contributed by atoms with Gasteiger partial charge in [-0.3, -0.25) is 4.79 Å². The summed E-state index contributed by atoms with van der Waals surface area (Å²) in [6.07, 6.45) is 0.308. The summed E-state index contributed by atoms with van der Waals surface area (Å²) in [6, 6.07) is 1.73. The number of anilines is 1. The van der Waals surface area contributed by atoms with Crippen LogP contribution in [0.2, 0.25) is 0 Å². The Morgan fingerprint density at radius 2 is 2.05 bits per heavy atom. The topological polar surface area (TPSA) is 69.1 Å². The largest absolute Gasteiger partial charge is 0.465 e. The Labute approximate surface area is 134 Å². The minimum atomic E-state index is -0.430. The quantitative estimate of drug-likeness (QED) is 0.789. The molecule has 1 aromatic rings. The lowest BCUT2D eigenvalue weighted by molar-refractivity contribution is -0.907. The molecule has 0 radical (unpaired) electrons. The van der Waals surface area contributed by atoms with Crippen molar-refractivity contribution in [3.8, 4) is 0 Å². The Kier molecular flexibility index (Phi) is 5.55. The lowest BCUT2D eigenvalue weighted by Gasteiger charge is -2.31. The molecule has 2 rings (SSSR count). The number of quaternary nitrogens is 1. The molecule has 0 unspecified atom stereocenters. The van der Waals surface area contributed by atoms with Gasteiger partial charge in [0.1, 0.15) is 30.3 Å². The van der Waals surface area contributed by atoms with E-state index in [0.29, 0.717) is 17.1 Å². The van der Waals surface area contributed by atoms with E-state index in [0.717, 1.165) is 18.0 Å². The summed E-state index contributed by atoms with van der Waals surface area (Å²) in [4.78, 5) is 26.1. The van der Waals surface area contributed by atoms with E-state index in [4.69, 9.17) is 9.47 Å². The second-order valence-electron chi connectivity index (χ2n) is 5.73. The van der Waals surface area contributed by atoms with Crippen LogP contribution in [0.4, 0.5) is 5.00 Å². The van der Waals surface area contributed by atoms with Crippen LogP contribution in [0.5, 0.6) is 0 Å². The van der Waals surface area contributed by atoms with E-state index in [-0.39, 0.29) is 18.1 Å². The van der Waals surface area contributed by atoms with Gasteiger partial charge in [-0.2, -0.15) is 0 Å². The van der Waals surface area contributed by atoms with Crippen molar-refractivity contribution in [3.63, 3.8) is 0 Å². The third-order valence-electron chi connectivity index (χ3n) is 3.54. The zero-order valence-corrected chi connectivity index (χ0v) is 14.2. The van der Waals surface area contributed by atoms with Crippen LogP contribution in [0, 0.1) is 6.92 Å². The summed E-state index contributed by atoms with van der Waals surface area (Å²) in [7, 11) is 1.33. The Morgan fingerprint density at radius 1 is 1.41 bits per heavy atom. The molecular formula is C15H23N2O4S+. The van der Waals surface area contributed by atoms with Crippen molar-refractivity contribution in [2.24, 2.45) is 0 Å². The molecule has 1 aliphatic rings. The molecular weight excluding hydrogens is 304 g/mol. The van der Waals surface area contributed by atoms with E-state index in [1.165, 1.54) is 23.3 Å². The molecule has 1 fully saturated rings. The Hall–Kier alpha value is -1.44. The number of carbonyl (C=O) groups is 2. The molecule has 0 aromatic carbocycles. The maximum atomic E-state index is 12.2. The van der Waals surface area contributed by atoms with Crippen molar-refractivity contribution in [1.82, 2.24) is 0 Å². The van der Waals surface area contributed by atoms with Gasteiger partial charge >= 0.3 is 5.97 Å². The fourth-order valence-electron chi connectivity index (χ4n) is 2.80. The second kappa shape index (κ2) is 7.21. The number of hydrogen-bond donors (Lipinski definition) is 2. The average Bonchev–Trinajstić information content (AvgIpc) is 2.77. The standard InChI is InChI=1S/C15H22N2O4S/c1-9-6-17(7-10(2)21-9)8-13(18)16-14-12(15(19)20-4)5-11(3)22-14/h5,9-10H,6-8H2,1-4H3,(H,16,18)/p+1/t9-,10-/m1/s1. The molecule has 2 N–H and O–H groups in total. The van der Waals surface area contributed by atoms with Crippen molar-refractivity contribution in [2.45, 2.75) is 33.0 Å². The predicted octanol–water partition coefficient (Wildman–Crippen LogP) is 0.474. The van der Waals surface area contributed by atoms with Crippen LogP contribution in [0.15, 0.2) is 6.07 Å². The van der Waals surface area contributed by atoms with E-state index >= 15 is 0 Å². The van der Waals surface area contributed by atoms with Crippen LogP contribution in [-0.4, -0.2) is 50.8 Å². The lowest BCUT2D eigenvalue weighted by atomic mass is 10.2. The van der Waals surface area contributed by atoms with E-state index in [2.05, 4.69) is 5.32 Å². The van der Waals surface area contributed by atoms with Gasteiger partial charge in [-0.1, -0.05) is 0 Å². The van der Waals surface area contributed by atoms with Gasteiger partial charge in [-0.15, -0.1) is 11.3 Å². The molecule has 1 aliphatic heterocycles. The second-order valence-corrected chi connectivity index (χ2v) is 6.99. The third kappa shape index (κ3) is 4.28. The summed E-state index contributed by atoms with van der Waals surface area (Å²) in [5.41, 5.74) is 0.414. The molecule has 122 valence electrons. The zero-order valence-electron chi connectivity index (χ0n) is 13.4. The number of aryl methyl sites for hydroxylation is 1. The maximum Gasteiger partial charge on any atom is 0.340 e. The number of thiophene rings is 1. The molecule has 2 heterocycles. The first-order valence-electron chi connectivity index (χ1n) is 7.36. The number of rotatable bonds is 4. The summed E-state index contributed by atoms with van der Waals surface area (Å²) in [5, 5.41) is 3.40.